The fourth-order valence-electron chi connectivity index (χ4n) is 4.19. The highest BCUT2D eigenvalue weighted by atomic mass is 32.2. The minimum Gasteiger partial charge on any atom is -0.466 e. The quantitative estimate of drug-likeness (QED) is 0.491. The van der Waals surface area contributed by atoms with Gasteiger partial charge in [-0.05, 0) is 62.2 Å². The van der Waals surface area contributed by atoms with Crippen LogP contribution in [-0.4, -0.2) is 45.3 Å². The van der Waals surface area contributed by atoms with Crippen molar-refractivity contribution in [1.29, 1.82) is 0 Å². The van der Waals surface area contributed by atoms with E-state index in [1.54, 1.807) is 6.33 Å². The first-order valence-electron chi connectivity index (χ1n) is 10.6. The smallest absolute Gasteiger partial charge is 0.313 e. The van der Waals surface area contributed by atoms with E-state index in [-0.39, 0.29) is 5.97 Å². The summed E-state index contributed by atoms with van der Waals surface area (Å²) in [5.41, 5.74) is 0.635. The molecule has 1 unspecified atom stereocenters. The number of ether oxygens (including phenoxy) is 1. The molecule has 1 saturated heterocycles. The summed E-state index contributed by atoms with van der Waals surface area (Å²) < 4.78 is 13.4. The van der Waals surface area contributed by atoms with E-state index in [4.69, 9.17) is 9.15 Å². The molecule has 0 bridgehead atoms. The zero-order chi connectivity index (χ0) is 21.7. The lowest BCUT2D eigenvalue weighted by Gasteiger charge is -2.40. The summed E-state index contributed by atoms with van der Waals surface area (Å²) >= 11 is 1.45. The van der Waals surface area contributed by atoms with Gasteiger partial charge in [0.2, 0.25) is 0 Å². The topological polar surface area (TPSA) is 73.4 Å². The summed E-state index contributed by atoms with van der Waals surface area (Å²) in [6.07, 6.45) is 4.14. The van der Waals surface area contributed by atoms with E-state index in [0.29, 0.717) is 26.1 Å². The first-order chi connectivity index (χ1) is 15.1. The van der Waals surface area contributed by atoms with Gasteiger partial charge >= 0.3 is 5.97 Å². The molecular formula is C23H28N4O3S. The second kappa shape index (κ2) is 9.70. The molecule has 1 aromatic carbocycles. The van der Waals surface area contributed by atoms with Gasteiger partial charge in [-0.25, -0.2) is 0 Å². The molecule has 164 valence electrons. The molecule has 0 radical (unpaired) electrons. The molecule has 1 fully saturated rings. The normalized spacial score (nSPS) is 19.4. The third-order valence-corrected chi connectivity index (χ3v) is 6.60. The summed E-state index contributed by atoms with van der Waals surface area (Å²) in [6.45, 7) is 4.52. The molecule has 4 rings (SSSR count). The predicted octanol–water partition coefficient (Wildman–Crippen LogP) is 3.95. The van der Waals surface area contributed by atoms with Crippen LogP contribution < -0.4 is 0 Å². The number of likely N-dealkylation sites (tertiary alicyclic amines) is 1. The Morgan fingerprint density at radius 1 is 1.26 bits per heavy atom. The van der Waals surface area contributed by atoms with Gasteiger partial charge in [0.15, 0.2) is 10.2 Å². The Hall–Kier alpha value is -2.58. The molecule has 0 spiro atoms. The maximum Gasteiger partial charge on any atom is 0.313 e. The second-order valence-electron chi connectivity index (χ2n) is 8.02. The molecule has 2 aromatic heterocycles. The highest BCUT2D eigenvalue weighted by molar-refractivity contribution is 7.99. The average Bonchev–Trinajstić information content (AvgIpc) is 3.38. The number of furan rings is 1. The Balaban J connectivity index is 1.46. The monoisotopic (exact) mass is 440 g/mol. The van der Waals surface area contributed by atoms with E-state index >= 15 is 0 Å². The lowest BCUT2D eigenvalue weighted by atomic mass is 9.75. The number of aryl methyl sites for hydroxylation is 1. The Kier molecular flexibility index (Phi) is 6.77. The van der Waals surface area contributed by atoms with Crippen molar-refractivity contribution in [3.63, 3.8) is 0 Å². The van der Waals surface area contributed by atoms with Crippen molar-refractivity contribution in [1.82, 2.24) is 19.7 Å². The molecule has 1 aliphatic heterocycles. The predicted molar refractivity (Wildman–Crippen MR) is 118 cm³/mol. The van der Waals surface area contributed by atoms with E-state index in [9.17, 15) is 4.79 Å². The molecule has 0 aliphatic carbocycles. The third-order valence-electron chi connectivity index (χ3n) is 5.63. The maximum atomic E-state index is 13.0. The lowest BCUT2D eigenvalue weighted by Crippen LogP contribution is -2.49. The lowest BCUT2D eigenvalue weighted by molar-refractivity contribution is -0.159. The molecular weight excluding hydrogens is 412 g/mol. The number of rotatable bonds is 8. The standard InChI is InChI=1S/C23H28N4O3S/c1-3-29-21(28)23(14-18-8-5-4-6-9-18)12-7-13-27(16-23)15-19-10-11-20(30-19)31-22-25-24-17-26(22)2/h4-6,8-11,17H,3,7,12-16H2,1-2H3. The van der Waals surface area contributed by atoms with Gasteiger partial charge in [0.1, 0.15) is 12.1 Å². The highest BCUT2D eigenvalue weighted by Crippen LogP contribution is 2.36. The molecule has 1 atom stereocenters. The third kappa shape index (κ3) is 5.19. The fraction of sp³-hybridized carbons (Fsp3) is 0.435. The number of piperidine rings is 1. The van der Waals surface area contributed by atoms with Crippen LogP contribution >= 0.6 is 11.8 Å². The summed E-state index contributed by atoms with van der Waals surface area (Å²) in [6, 6.07) is 14.2. The number of benzene rings is 1. The Bertz CT molecular complexity index is 1000. The molecule has 0 saturated carbocycles. The van der Waals surface area contributed by atoms with E-state index in [1.165, 1.54) is 11.8 Å². The molecule has 1 aliphatic rings. The van der Waals surface area contributed by atoms with Gasteiger partial charge in [-0.3, -0.25) is 9.69 Å². The average molecular weight is 441 g/mol. The van der Waals surface area contributed by atoms with Crippen molar-refractivity contribution < 1.29 is 13.9 Å². The van der Waals surface area contributed by atoms with Crippen molar-refractivity contribution in [3.8, 4) is 0 Å². The SMILES string of the molecule is CCOC(=O)C1(Cc2ccccc2)CCCN(Cc2ccc(Sc3nncn3C)o2)C1. The van der Waals surface area contributed by atoms with Gasteiger partial charge in [-0.1, -0.05) is 30.3 Å². The molecule has 8 heteroatoms. The van der Waals surface area contributed by atoms with Crippen molar-refractivity contribution >= 4 is 17.7 Å². The van der Waals surface area contributed by atoms with E-state index in [0.717, 1.165) is 41.0 Å². The largest absolute Gasteiger partial charge is 0.466 e. The molecule has 31 heavy (non-hydrogen) atoms. The van der Waals surface area contributed by atoms with Crippen LogP contribution in [0.25, 0.3) is 0 Å². The molecule has 3 heterocycles. The number of hydrogen-bond donors (Lipinski definition) is 0. The van der Waals surface area contributed by atoms with E-state index in [2.05, 4.69) is 27.2 Å². The summed E-state index contributed by atoms with van der Waals surface area (Å²) in [7, 11) is 1.90. The van der Waals surface area contributed by atoms with Gasteiger partial charge in [-0.15, -0.1) is 10.2 Å². The summed E-state index contributed by atoms with van der Waals surface area (Å²) in [4.78, 5) is 15.3. The second-order valence-corrected chi connectivity index (χ2v) is 9.00. The highest BCUT2D eigenvalue weighted by Gasteiger charge is 2.43. The number of carbonyl (C=O) groups excluding carboxylic acids is 1. The molecule has 0 amide bonds. The van der Waals surface area contributed by atoms with Gasteiger partial charge in [0.05, 0.1) is 18.6 Å². The maximum absolute atomic E-state index is 13.0. The minimum atomic E-state index is -0.529. The Labute approximate surface area is 186 Å². The first kappa shape index (κ1) is 21.6. The number of aromatic nitrogens is 3. The van der Waals surface area contributed by atoms with E-state index in [1.807, 2.05) is 48.9 Å². The van der Waals surface area contributed by atoms with Gasteiger partial charge in [0, 0.05) is 13.6 Å². The zero-order valence-electron chi connectivity index (χ0n) is 18.0. The minimum absolute atomic E-state index is 0.0958. The van der Waals surface area contributed by atoms with Crippen LogP contribution in [0.2, 0.25) is 0 Å². The number of nitrogens with zero attached hydrogens (tertiary/aromatic N) is 4. The van der Waals surface area contributed by atoms with Gasteiger partial charge in [0.25, 0.3) is 0 Å². The van der Waals surface area contributed by atoms with Crippen LogP contribution in [0.4, 0.5) is 0 Å². The molecule has 3 aromatic rings. The van der Waals surface area contributed by atoms with Crippen LogP contribution in [0.1, 0.15) is 31.1 Å². The fourth-order valence-corrected chi connectivity index (χ4v) is 4.93. The molecule has 7 nitrogen and oxygen atoms in total. The van der Waals surface area contributed by atoms with Crippen LogP contribution in [-0.2, 0) is 29.5 Å². The Morgan fingerprint density at radius 3 is 2.84 bits per heavy atom. The van der Waals surface area contributed by atoms with Gasteiger partial charge in [-0.2, -0.15) is 0 Å². The van der Waals surface area contributed by atoms with Crippen molar-refractivity contribution in [2.75, 3.05) is 19.7 Å². The van der Waals surface area contributed by atoms with E-state index < -0.39 is 5.41 Å². The van der Waals surface area contributed by atoms with Crippen LogP contribution in [0.3, 0.4) is 0 Å². The van der Waals surface area contributed by atoms with Crippen LogP contribution in [0.5, 0.6) is 0 Å². The zero-order valence-corrected chi connectivity index (χ0v) is 18.8. The van der Waals surface area contributed by atoms with Crippen molar-refractivity contribution in [2.24, 2.45) is 12.5 Å². The van der Waals surface area contributed by atoms with Crippen molar-refractivity contribution in [3.05, 3.63) is 60.1 Å². The van der Waals surface area contributed by atoms with Crippen molar-refractivity contribution in [2.45, 2.75) is 43.0 Å². The number of hydrogen-bond acceptors (Lipinski definition) is 7. The summed E-state index contributed by atoms with van der Waals surface area (Å²) in [5.74, 6) is 0.783. The summed E-state index contributed by atoms with van der Waals surface area (Å²) in [5, 5.41) is 9.55. The first-order valence-corrected chi connectivity index (χ1v) is 11.4. The van der Waals surface area contributed by atoms with Gasteiger partial charge < -0.3 is 13.7 Å². The van der Waals surface area contributed by atoms with Crippen LogP contribution in [0, 0.1) is 5.41 Å². The Morgan fingerprint density at radius 2 is 2.10 bits per heavy atom. The number of carbonyl (C=O) groups is 1. The number of esters is 1. The van der Waals surface area contributed by atoms with Crippen LogP contribution in [0.15, 0.2) is 63.5 Å². The molecule has 0 N–H and O–H groups in total.